The third-order valence-corrected chi connectivity index (χ3v) is 3.61. The minimum absolute atomic E-state index is 0.289. The third kappa shape index (κ3) is 3.15. The van der Waals surface area contributed by atoms with Crippen LogP contribution < -0.4 is 10.2 Å². The van der Waals surface area contributed by atoms with Crippen molar-refractivity contribution in [2.75, 3.05) is 20.1 Å². The molecule has 0 saturated carbocycles. The van der Waals surface area contributed by atoms with Crippen LogP contribution in [0.25, 0.3) is 0 Å². The van der Waals surface area contributed by atoms with Crippen LogP contribution in [0.15, 0.2) is 6.20 Å². The molecule has 1 aliphatic rings. The largest absolute Gasteiger partial charge is 0.467 e. The molecule has 2 rings (SSSR count). The lowest BCUT2D eigenvalue weighted by molar-refractivity contribution is 0.114. The van der Waals surface area contributed by atoms with Gasteiger partial charge in [0, 0.05) is 24.2 Å². The summed E-state index contributed by atoms with van der Waals surface area (Å²) >= 11 is 1.48. The Kier molecular flexibility index (Phi) is 4.11. The van der Waals surface area contributed by atoms with Crippen LogP contribution in [0.3, 0.4) is 0 Å². The fourth-order valence-corrected chi connectivity index (χ4v) is 2.51. The Labute approximate surface area is 99.0 Å². The van der Waals surface area contributed by atoms with E-state index in [1.54, 1.807) is 6.20 Å². The number of piperidine rings is 1. The smallest absolute Gasteiger partial charge is 0.273 e. The highest BCUT2D eigenvalue weighted by molar-refractivity contribution is 7.13. The van der Waals surface area contributed by atoms with Crippen molar-refractivity contribution in [1.82, 2.24) is 15.4 Å². The van der Waals surface area contributed by atoms with E-state index in [0.717, 1.165) is 30.8 Å². The Morgan fingerprint density at radius 2 is 2.38 bits per heavy atom. The van der Waals surface area contributed by atoms with E-state index in [-0.39, 0.29) is 6.10 Å². The number of aromatic nitrogens is 1. The Hall–Kier alpha value is -0.690. The molecule has 0 radical (unpaired) electrons. The van der Waals surface area contributed by atoms with E-state index in [1.807, 2.05) is 0 Å². The van der Waals surface area contributed by atoms with Gasteiger partial charge in [-0.3, -0.25) is 0 Å². The van der Waals surface area contributed by atoms with E-state index >= 15 is 0 Å². The molecule has 0 aliphatic carbocycles. The van der Waals surface area contributed by atoms with Gasteiger partial charge in [-0.15, -0.1) is 0 Å². The molecule has 5 nitrogen and oxygen atoms in total. The summed E-state index contributed by atoms with van der Waals surface area (Å²) in [5, 5.41) is 9.27. The lowest BCUT2D eigenvalue weighted by Gasteiger charge is -2.28. The highest BCUT2D eigenvalue weighted by Gasteiger charge is 2.19. The maximum atomic E-state index is 8.56. The fraction of sp³-hybridized carbons (Fsp3) is 0.700. The van der Waals surface area contributed by atoms with E-state index in [4.69, 9.17) is 9.94 Å². The predicted molar refractivity (Wildman–Crippen MR) is 61.9 cm³/mol. The monoisotopic (exact) mass is 243 g/mol. The molecule has 2 N–H and O–H groups in total. The van der Waals surface area contributed by atoms with Gasteiger partial charge >= 0.3 is 0 Å². The van der Waals surface area contributed by atoms with Crippen LogP contribution in [0.2, 0.25) is 0 Å². The summed E-state index contributed by atoms with van der Waals surface area (Å²) in [5.41, 5.74) is 2.11. The molecule has 0 bridgehead atoms. The molecule has 16 heavy (non-hydrogen) atoms. The third-order valence-electron chi connectivity index (χ3n) is 2.72. The van der Waals surface area contributed by atoms with Gasteiger partial charge in [-0.25, -0.2) is 10.5 Å². The molecule has 0 atom stereocenters. The highest BCUT2D eigenvalue weighted by Crippen LogP contribution is 2.24. The van der Waals surface area contributed by atoms with Crippen molar-refractivity contribution >= 4 is 11.3 Å². The number of hydroxylamine groups is 1. The van der Waals surface area contributed by atoms with Gasteiger partial charge in [0.15, 0.2) is 0 Å². The van der Waals surface area contributed by atoms with Gasteiger partial charge in [-0.05, 0) is 19.9 Å². The zero-order chi connectivity index (χ0) is 11.4. The van der Waals surface area contributed by atoms with Gasteiger partial charge in [0.1, 0.15) is 6.10 Å². The van der Waals surface area contributed by atoms with Crippen LogP contribution in [-0.2, 0) is 6.54 Å². The number of hydrogen-bond acceptors (Lipinski definition) is 6. The molecule has 2 heterocycles. The summed E-state index contributed by atoms with van der Waals surface area (Å²) in [6, 6.07) is 0. The van der Waals surface area contributed by atoms with E-state index in [9.17, 15) is 0 Å². The number of nitrogens with one attached hydrogen (secondary N) is 1. The van der Waals surface area contributed by atoms with Crippen molar-refractivity contribution < 1.29 is 9.94 Å². The number of likely N-dealkylation sites (tertiary alicyclic amines) is 1. The van der Waals surface area contributed by atoms with Crippen molar-refractivity contribution in [3.8, 4) is 5.19 Å². The Bertz CT molecular complexity index is 324. The second kappa shape index (κ2) is 5.58. The topological polar surface area (TPSA) is 57.6 Å². The quantitative estimate of drug-likeness (QED) is 0.775. The lowest BCUT2D eigenvalue weighted by Crippen LogP contribution is -2.35. The minimum Gasteiger partial charge on any atom is -0.467 e. The summed E-state index contributed by atoms with van der Waals surface area (Å²) in [7, 11) is 2.13. The average Bonchev–Trinajstić information content (AvgIpc) is 2.70. The molecule has 6 heteroatoms. The summed E-state index contributed by atoms with van der Waals surface area (Å²) in [4.78, 5) is 7.47. The molecule has 1 aromatic heterocycles. The van der Waals surface area contributed by atoms with Crippen LogP contribution in [0.1, 0.15) is 17.7 Å². The van der Waals surface area contributed by atoms with Crippen molar-refractivity contribution in [1.29, 1.82) is 0 Å². The fourth-order valence-electron chi connectivity index (χ4n) is 1.75. The molecule has 0 unspecified atom stereocenters. The van der Waals surface area contributed by atoms with Crippen LogP contribution in [0, 0.1) is 0 Å². The molecule has 1 aromatic rings. The molecule has 0 spiro atoms. The van der Waals surface area contributed by atoms with Gasteiger partial charge in [0.2, 0.25) is 0 Å². The van der Waals surface area contributed by atoms with Crippen LogP contribution >= 0.6 is 11.3 Å². The van der Waals surface area contributed by atoms with Crippen LogP contribution in [-0.4, -0.2) is 41.3 Å². The summed E-state index contributed by atoms with van der Waals surface area (Å²) in [6.07, 6.45) is 4.14. The average molecular weight is 243 g/mol. The summed E-state index contributed by atoms with van der Waals surface area (Å²) in [6.45, 7) is 2.59. The molecular weight excluding hydrogens is 226 g/mol. The van der Waals surface area contributed by atoms with Crippen LogP contribution in [0.4, 0.5) is 0 Å². The Morgan fingerprint density at radius 1 is 1.62 bits per heavy atom. The summed E-state index contributed by atoms with van der Waals surface area (Å²) in [5.74, 6) is 0. The standard InChI is InChI=1S/C10H17N3O2S/c1-13-4-2-8(3-5-13)15-10-11-6-9(16-10)7-12-14/h6,8,12,14H,2-5,7H2,1H3. The van der Waals surface area contributed by atoms with Gasteiger partial charge in [-0.2, -0.15) is 0 Å². The number of thiazole rings is 1. The SMILES string of the molecule is CN1CCC(Oc2ncc(CNO)s2)CC1. The van der Waals surface area contributed by atoms with Gasteiger partial charge in [-0.1, -0.05) is 11.3 Å². The maximum Gasteiger partial charge on any atom is 0.273 e. The maximum absolute atomic E-state index is 8.56. The van der Waals surface area contributed by atoms with Gasteiger partial charge in [0.25, 0.3) is 5.19 Å². The molecular formula is C10H17N3O2S. The number of ether oxygens (including phenoxy) is 1. The first-order valence-electron chi connectivity index (χ1n) is 5.45. The Balaban J connectivity index is 1.83. The van der Waals surface area contributed by atoms with Crippen molar-refractivity contribution in [2.24, 2.45) is 0 Å². The van der Waals surface area contributed by atoms with E-state index < -0.39 is 0 Å². The van der Waals surface area contributed by atoms with Crippen molar-refractivity contribution in [3.63, 3.8) is 0 Å². The minimum atomic E-state index is 0.289. The number of hydrogen-bond donors (Lipinski definition) is 2. The number of nitrogens with zero attached hydrogens (tertiary/aromatic N) is 2. The van der Waals surface area contributed by atoms with E-state index in [2.05, 4.69) is 22.4 Å². The first-order valence-corrected chi connectivity index (χ1v) is 6.26. The van der Waals surface area contributed by atoms with Gasteiger partial charge < -0.3 is 14.8 Å². The first-order chi connectivity index (χ1) is 7.78. The van der Waals surface area contributed by atoms with E-state index in [0.29, 0.717) is 11.7 Å². The molecule has 90 valence electrons. The normalized spacial score (nSPS) is 18.9. The molecule has 1 saturated heterocycles. The van der Waals surface area contributed by atoms with Crippen molar-refractivity contribution in [2.45, 2.75) is 25.5 Å². The summed E-state index contributed by atoms with van der Waals surface area (Å²) < 4.78 is 5.80. The van der Waals surface area contributed by atoms with Gasteiger partial charge in [0.05, 0.1) is 6.54 Å². The second-order valence-corrected chi connectivity index (χ2v) is 5.13. The Morgan fingerprint density at radius 3 is 3.06 bits per heavy atom. The number of rotatable bonds is 4. The zero-order valence-electron chi connectivity index (χ0n) is 9.35. The van der Waals surface area contributed by atoms with E-state index in [1.165, 1.54) is 11.3 Å². The second-order valence-electron chi connectivity index (χ2n) is 4.05. The highest BCUT2D eigenvalue weighted by atomic mass is 32.1. The first kappa shape index (κ1) is 11.8. The van der Waals surface area contributed by atoms with Crippen molar-refractivity contribution in [3.05, 3.63) is 11.1 Å². The lowest BCUT2D eigenvalue weighted by atomic mass is 10.1. The molecule has 0 amide bonds. The predicted octanol–water partition coefficient (Wildman–Crippen LogP) is 1.09. The molecule has 0 aromatic carbocycles. The zero-order valence-corrected chi connectivity index (χ0v) is 10.2. The molecule has 1 aliphatic heterocycles. The van der Waals surface area contributed by atoms with Crippen LogP contribution in [0.5, 0.6) is 5.19 Å². The molecule has 1 fully saturated rings.